The molecule has 0 aromatic heterocycles. The molecule has 3 nitrogen and oxygen atoms in total. The summed E-state index contributed by atoms with van der Waals surface area (Å²) in [6, 6.07) is 0. The van der Waals surface area contributed by atoms with Crippen molar-refractivity contribution in [3.63, 3.8) is 0 Å². The third-order valence-corrected chi connectivity index (χ3v) is 3.67. The van der Waals surface area contributed by atoms with E-state index in [9.17, 15) is 0 Å². The summed E-state index contributed by atoms with van der Waals surface area (Å²) in [5.74, 6) is 1.58. The maximum Gasteiger partial charge on any atom is 0.191 e. The van der Waals surface area contributed by atoms with Crippen molar-refractivity contribution in [3.8, 4) is 0 Å². The maximum atomic E-state index is 5.91. The predicted octanol–water partition coefficient (Wildman–Crippen LogP) is 1.98. The highest BCUT2D eigenvalue weighted by molar-refractivity contribution is 5.78. The second-order valence-electron chi connectivity index (χ2n) is 4.90. The summed E-state index contributed by atoms with van der Waals surface area (Å²) in [5, 5.41) is 0. The molecule has 86 valence electrons. The van der Waals surface area contributed by atoms with E-state index in [1.165, 1.54) is 44.9 Å². The molecule has 1 aliphatic carbocycles. The lowest BCUT2D eigenvalue weighted by molar-refractivity contribution is 0.294. The molecular formula is C12H23N3. The Bertz CT molecular complexity index is 213. The minimum Gasteiger partial charge on any atom is -0.370 e. The molecule has 15 heavy (non-hydrogen) atoms. The molecule has 0 aromatic carbocycles. The number of aliphatic imine (C=N–C) groups is 1. The van der Waals surface area contributed by atoms with Crippen LogP contribution in [0.2, 0.25) is 0 Å². The molecule has 0 amide bonds. The van der Waals surface area contributed by atoms with Crippen molar-refractivity contribution < 1.29 is 0 Å². The van der Waals surface area contributed by atoms with E-state index in [0.29, 0.717) is 0 Å². The number of hydrogen-bond acceptors (Lipinski definition) is 1. The Morgan fingerprint density at radius 3 is 2.27 bits per heavy atom. The number of hydrogen-bond donors (Lipinski definition) is 1. The summed E-state index contributed by atoms with van der Waals surface area (Å²) in [6.45, 7) is 3.18. The molecular weight excluding hydrogens is 186 g/mol. The van der Waals surface area contributed by atoms with E-state index in [1.54, 1.807) is 0 Å². The average molecular weight is 209 g/mol. The van der Waals surface area contributed by atoms with Gasteiger partial charge in [0.05, 0.1) is 0 Å². The lowest BCUT2D eigenvalue weighted by atomic mass is 10.0. The largest absolute Gasteiger partial charge is 0.370 e. The van der Waals surface area contributed by atoms with Gasteiger partial charge in [-0.2, -0.15) is 0 Å². The van der Waals surface area contributed by atoms with Crippen molar-refractivity contribution in [2.45, 2.75) is 44.9 Å². The third kappa shape index (κ3) is 3.11. The smallest absolute Gasteiger partial charge is 0.191 e. The SMILES string of the molecule is NC(=NCC1CCCCCC1)N1CCC1. The molecule has 1 heterocycles. The summed E-state index contributed by atoms with van der Waals surface area (Å²) in [7, 11) is 0. The van der Waals surface area contributed by atoms with Crippen LogP contribution in [0.15, 0.2) is 4.99 Å². The van der Waals surface area contributed by atoms with Crippen LogP contribution in [0.1, 0.15) is 44.9 Å². The first-order chi connectivity index (χ1) is 7.36. The molecule has 3 heteroatoms. The highest BCUT2D eigenvalue weighted by Gasteiger charge is 2.16. The van der Waals surface area contributed by atoms with E-state index in [1.807, 2.05) is 0 Å². The highest BCUT2D eigenvalue weighted by Crippen LogP contribution is 2.23. The highest BCUT2D eigenvalue weighted by atomic mass is 15.3. The number of rotatable bonds is 2. The first-order valence-electron chi connectivity index (χ1n) is 6.41. The van der Waals surface area contributed by atoms with Crippen molar-refractivity contribution in [2.75, 3.05) is 19.6 Å². The van der Waals surface area contributed by atoms with Gasteiger partial charge in [0.1, 0.15) is 0 Å². The van der Waals surface area contributed by atoms with Gasteiger partial charge in [0.2, 0.25) is 0 Å². The number of nitrogens with two attached hydrogens (primary N) is 1. The predicted molar refractivity (Wildman–Crippen MR) is 63.9 cm³/mol. The first kappa shape index (κ1) is 10.8. The minimum absolute atomic E-state index is 0.783. The molecule has 1 saturated heterocycles. The van der Waals surface area contributed by atoms with E-state index < -0.39 is 0 Å². The molecule has 2 N–H and O–H groups in total. The van der Waals surface area contributed by atoms with Gasteiger partial charge in [-0.1, -0.05) is 25.7 Å². The Kier molecular flexibility index (Phi) is 3.87. The normalized spacial score (nSPS) is 24.8. The molecule has 2 rings (SSSR count). The second-order valence-corrected chi connectivity index (χ2v) is 4.90. The van der Waals surface area contributed by atoms with E-state index in [0.717, 1.165) is 31.5 Å². The molecule has 2 aliphatic rings. The van der Waals surface area contributed by atoms with E-state index >= 15 is 0 Å². The lowest BCUT2D eigenvalue weighted by Crippen LogP contribution is -2.46. The fraction of sp³-hybridized carbons (Fsp3) is 0.917. The zero-order valence-corrected chi connectivity index (χ0v) is 9.62. The third-order valence-electron chi connectivity index (χ3n) is 3.67. The van der Waals surface area contributed by atoms with Gasteiger partial charge < -0.3 is 10.6 Å². The van der Waals surface area contributed by atoms with Crippen molar-refractivity contribution in [2.24, 2.45) is 16.6 Å². The van der Waals surface area contributed by atoms with Gasteiger partial charge in [0, 0.05) is 19.6 Å². The average Bonchev–Trinajstić information content (AvgIpc) is 2.40. The van der Waals surface area contributed by atoms with Gasteiger partial charge in [-0.3, -0.25) is 4.99 Å². The van der Waals surface area contributed by atoms with Crippen LogP contribution in [-0.4, -0.2) is 30.5 Å². The summed E-state index contributed by atoms with van der Waals surface area (Å²) in [4.78, 5) is 6.71. The number of nitrogens with zero attached hydrogens (tertiary/aromatic N) is 2. The van der Waals surface area contributed by atoms with Crippen LogP contribution < -0.4 is 5.73 Å². The van der Waals surface area contributed by atoms with Gasteiger partial charge >= 0.3 is 0 Å². The molecule has 0 atom stereocenters. The first-order valence-corrected chi connectivity index (χ1v) is 6.41. The standard InChI is InChI=1S/C12H23N3/c13-12(15-8-5-9-15)14-10-11-6-3-1-2-4-7-11/h11H,1-10H2,(H2,13,14). The molecule has 2 fully saturated rings. The zero-order valence-electron chi connectivity index (χ0n) is 9.62. The van der Waals surface area contributed by atoms with E-state index in [-0.39, 0.29) is 0 Å². The zero-order chi connectivity index (χ0) is 10.5. The number of likely N-dealkylation sites (tertiary alicyclic amines) is 1. The van der Waals surface area contributed by atoms with Crippen LogP contribution in [0, 0.1) is 5.92 Å². The van der Waals surface area contributed by atoms with Crippen LogP contribution in [0.4, 0.5) is 0 Å². The monoisotopic (exact) mass is 209 g/mol. The lowest BCUT2D eigenvalue weighted by Gasteiger charge is -2.32. The van der Waals surface area contributed by atoms with Crippen LogP contribution in [0.5, 0.6) is 0 Å². The summed E-state index contributed by atoms with van der Waals surface area (Å²) in [5.41, 5.74) is 5.91. The quantitative estimate of drug-likeness (QED) is 0.429. The second kappa shape index (κ2) is 5.38. The minimum atomic E-state index is 0.783. The fourth-order valence-corrected chi connectivity index (χ4v) is 2.41. The topological polar surface area (TPSA) is 41.6 Å². The fourth-order valence-electron chi connectivity index (χ4n) is 2.41. The molecule has 0 unspecified atom stereocenters. The molecule has 1 saturated carbocycles. The van der Waals surface area contributed by atoms with Gasteiger partial charge in [0.25, 0.3) is 0 Å². The molecule has 0 spiro atoms. The summed E-state index contributed by atoms with van der Waals surface area (Å²) in [6.07, 6.45) is 9.62. The maximum absolute atomic E-state index is 5.91. The van der Waals surface area contributed by atoms with Crippen LogP contribution in [0.3, 0.4) is 0 Å². The Morgan fingerprint density at radius 2 is 1.73 bits per heavy atom. The van der Waals surface area contributed by atoms with Crippen LogP contribution in [0.25, 0.3) is 0 Å². The summed E-state index contributed by atoms with van der Waals surface area (Å²) < 4.78 is 0. The molecule has 0 aromatic rings. The molecule has 0 bridgehead atoms. The van der Waals surface area contributed by atoms with Crippen LogP contribution in [-0.2, 0) is 0 Å². The molecule has 1 aliphatic heterocycles. The Hall–Kier alpha value is -0.730. The Labute approximate surface area is 92.7 Å². The number of guanidine groups is 1. The van der Waals surface area contributed by atoms with Gasteiger partial charge in [-0.15, -0.1) is 0 Å². The van der Waals surface area contributed by atoms with E-state index in [2.05, 4.69) is 9.89 Å². The Morgan fingerprint density at radius 1 is 1.07 bits per heavy atom. The van der Waals surface area contributed by atoms with Gasteiger partial charge in [0.15, 0.2) is 5.96 Å². The van der Waals surface area contributed by atoms with Gasteiger partial charge in [-0.25, -0.2) is 0 Å². The van der Waals surface area contributed by atoms with Crippen molar-refractivity contribution >= 4 is 5.96 Å². The van der Waals surface area contributed by atoms with Gasteiger partial charge in [-0.05, 0) is 25.2 Å². The van der Waals surface area contributed by atoms with Crippen LogP contribution >= 0.6 is 0 Å². The Balaban J connectivity index is 1.74. The van der Waals surface area contributed by atoms with Crippen molar-refractivity contribution in [3.05, 3.63) is 0 Å². The van der Waals surface area contributed by atoms with Crippen molar-refractivity contribution in [1.82, 2.24) is 4.90 Å². The van der Waals surface area contributed by atoms with Crippen molar-refractivity contribution in [1.29, 1.82) is 0 Å². The summed E-state index contributed by atoms with van der Waals surface area (Å²) >= 11 is 0. The van der Waals surface area contributed by atoms with E-state index in [4.69, 9.17) is 5.73 Å². The molecule has 0 radical (unpaired) electrons.